The lowest BCUT2D eigenvalue weighted by Gasteiger charge is -2.18. The maximum absolute atomic E-state index is 12.5. The number of aromatic amines is 1. The Labute approximate surface area is 116 Å². The van der Waals surface area contributed by atoms with Gasteiger partial charge in [-0.1, -0.05) is 6.07 Å². The number of fused-ring (bicyclic) bond motifs is 1. The van der Waals surface area contributed by atoms with E-state index in [2.05, 4.69) is 4.98 Å². The average molecular weight is 269 g/mol. The molecule has 20 heavy (non-hydrogen) atoms. The highest BCUT2D eigenvalue weighted by Gasteiger charge is 2.26. The van der Waals surface area contributed by atoms with Crippen LogP contribution in [-0.4, -0.2) is 17.4 Å². The third kappa shape index (κ3) is 1.97. The minimum absolute atomic E-state index is 0.168. The van der Waals surface area contributed by atoms with E-state index in [0.29, 0.717) is 17.8 Å². The van der Waals surface area contributed by atoms with Crippen LogP contribution in [-0.2, 0) is 6.42 Å². The van der Waals surface area contributed by atoms with Gasteiger partial charge in [0.15, 0.2) is 0 Å². The van der Waals surface area contributed by atoms with Crippen LogP contribution in [0.1, 0.15) is 21.5 Å². The number of carbonyl (C=O) groups excluding carboxylic acids is 1. The summed E-state index contributed by atoms with van der Waals surface area (Å²) in [5.74, 6) is -0.168. The fourth-order valence-corrected chi connectivity index (χ4v) is 2.52. The smallest absolute Gasteiger partial charge is 0.258 e. The van der Waals surface area contributed by atoms with E-state index in [0.717, 1.165) is 23.2 Å². The fourth-order valence-electron chi connectivity index (χ4n) is 2.52. The van der Waals surface area contributed by atoms with Crippen LogP contribution < -0.4 is 16.2 Å². The summed E-state index contributed by atoms with van der Waals surface area (Å²) in [6.45, 7) is 2.57. The van der Waals surface area contributed by atoms with Crippen LogP contribution in [0.5, 0.6) is 0 Å². The Morgan fingerprint density at radius 2 is 2.15 bits per heavy atom. The van der Waals surface area contributed by atoms with Crippen LogP contribution in [0.4, 0.5) is 11.4 Å². The van der Waals surface area contributed by atoms with Crippen molar-refractivity contribution in [1.29, 1.82) is 0 Å². The Morgan fingerprint density at radius 1 is 1.35 bits per heavy atom. The monoisotopic (exact) mass is 269 g/mol. The number of anilines is 2. The minimum Gasteiger partial charge on any atom is -0.398 e. The zero-order valence-corrected chi connectivity index (χ0v) is 11.1. The summed E-state index contributed by atoms with van der Waals surface area (Å²) in [7, 11) is 0. The number of H-pyrrole nitrogens is 1. The highest BCUT2D eigenvalue weighted by Crippen LogP contribution is 2.32. The fraction of sp³-hybridized carbons (Fsp3) is 0.200. The second-order valence-corrected chi connectivity index (χ2v) is 4.99. The Balaban J connectivity index is 2.01. The van der Waals surface area contributed by atoms with Crippen molar-refractivity contribution in [3.63, 3.8) is 0 Å². The maximum atomic E-state index is 12.5. The molecule has 2 heterocycles. The molecule has 0 bridgehead atoms. The van der Waals surface area contributed by atoms with E-state index < -0.39 is 0 Å². The first kappa shape index (κ1) is 12.5. The molecule has 0 saturated heterocycles. The molecular formula is C15H15N3O2. The number of rotatable bonds is 1. The lowest BCUT2D eigenvalue weighted by atomic mass is 10.1. The zero-order chi connectivity index (χ0) is 14.3. The summed E-state index contributed by atoms with van der Waals surface area (Å²) >= 11 is 0. The summed E-state index contributed by atoms with van der Waals surface area (Å²) in [5.41, 5.74) is 9.70. The van der Waals surface area contributed by atoms with Crippen LogP contribution in [0.15, 0.2) is 35.3 Å². The number of carbonyl (C=O) groups is 1. The molecule has 0 unspecified atom stereocenters. The van der Waals surface area contributed by atoms with Gasteiger partial charge in [0.05, 0.1) is 0 Å². The Bertz CT molecular complexity index is 749. The Morgan fingerprint density at radius 3 is 2.90 bits per heavy atom. The number of amides is 1. The van der Waals surface area contributed by atoms with Crippen molar-refractivity contribution in [1.82, 2.24) is 4.98 Å². The third-order valence-corrected chi connectivity index (χ3v) is 3.63. The molecule has 0 spiro atoms. The van der Waals surface area contributed by atoms with Crippen molar-refractivity contribution in [2.45, 2.75) is 13.3 Å². The second-order valence-electron chi connectivity index (χ2n) is 4.99. The van der Waals surface area contributed by atoms with Gasteiger partial charge in [-0.25, -0.2) is 0 Å². The van der Waals surface area contributed by atoms with Crippen LogP contribution in [0.3, 0.4) is 0 Å². The largest absolute Gasteiger partial charge is 0.398 e. The van der Waals surface area contributed by atoms with Gasteiger partial charge in [0.25, 0.3) is 5.91 Å². The normalized spacial score (nSPS) is 13.3. The summed E-state index contributed by atoms with van der Waals surface area (Å²) in [6, 6.07) is 6.79. The first-order valence-electron chi connectivity index (χ1n) is 6.46. The predicted octanol–water partition coefficient (Wildman–Crippen LogP) is 1.47. The van der Waals surface area contributed by atoms with Gasteiger partial charge in [-0.15, -0.1) is 0 Å². The van der Waals surface area contributed by atoms with Gasteiger partial charge in [0, 0.05) is 35.7 Å². The standard InChI is InChI=1S/C15H15N3O2/c1-9-6-10-3-5-18(13(10)8-12(9)16)15(20)11-2-4-17-14(19)7-11/h2,4,6-8H,3,5,16H2,1H3,(H,17,19). The van der Waals surface area contributed by atoms with E-state index in [-0.39, 0.29) is 11.5 Å². The number of nitrogen functional groups attached to an aromatic ring is 1. The van der Waals surface area contributed by atoms with Crippen molar-refractivity contribution in [3.05, 3.63) is 57.5 Å². The number of nitrogens with two attached hydrogens (primary N) is 1. The number of nitrogens with zero attached hydrogens (tertiary/aromatic N) is 1. The first-order valence-corrected chi connectivity index (χ1v) is 6.46. The van der Waals surface area contributed by atoms with Crippen molar-refractivity contribution in [2.24, 2.45) is 0 Å². The maximum Gasteiger partial charge on any atom is 0.258 e. The first-order chi connectivity index (χ1) is 9.56. The molecular weight excluding hydrogens is 254 g/mol. The molecule has 1 amide bonds. The summed E-state index contributed by atoms with van der Waals surface area (Å²) in [4.78, 5) is 28.0. The molecule has 0 atom stereocenters. The molecule has 0 saturated carbocycles. The van der Waals surface area contributed by atoms with E-state index >= 15 is 0 Å². The molecule has 102 valence electrons. The molecule has 1 aliphatic rings. The topological polar surface area (TPSA) is 79.2 Å². The van der Waals surface area contributed by atoms with Crippen molar-refractivity contribution in [2.75, 3.05) is 17.2 Å². The molecule has 0 fully saturated rings. The Hall–Kier alpha value is -2.56. The lowest BCUT2D eigenvalue weighted by Crippen LogP contribution is -2.29. The second kappa shape index (κ2) is 4.52. The summed E-state index contributed by atoms with van der Waals surface area (Å²) in [6.07, 6.45) is 2.29. The summed E-state index contributed by atoms with van der Waals surface area (Å²) < 4.78 is 0. The quantitative estimate of drug-likeness (QED) is 0.769. The van der Waals surface area contributed by atoms with E-state index in [1.165, 1.54) is 12.3 Å². The number of hydrogen-bond donors (Lipinski definition) is 2. The van der Waals surface area contributed by atoms with Gasteiger partial charge >= 0.3 is 0 Å². The van der Waals surface area contributed by atoms with Crippen LogP contribution >= 0.6 is 0 Å². The number of pyridine rings is 1. The molecule has 0 aliphatic carbocycles. The molecule has 0 radical (unpaired) electrons. The number of hydrogen-bond acceptors (Lipinski definition) is 3. The molecule has 3 rings (SSSR count). The SMILES string of the molecule is Cc1cc2c(cc1N)N(C(=O)c1cc[nH]c(=O)c1)CC2. The summed E-state index contributed by atoms with van der Waals surface area (Å²) in [5, 5.41) is 0. The van der Waals surface area contributed by atoms with Gasteiger partial charge in [0.1, 0.15) is 0 Å². The number of benzene rings is 1. The third-order valence-electron chi connectivity index (χ3n) is 3.63. The molecule has 5 heteroatoms. The average Bonchev–Trinajstić information content (AvgIpc) is 2.81. The van der Waals surface area contributed by atoms with E-state index in [9.17, 15) is 9.59 Å². The van der Waals surface area contributed by atoms with Gasteiger partial charge in [-0.05, 0) is 36.6 Å². The molecule has 1 aliphatic heterocycles. The van der Waals surface area contributed by atoms with Crippen LogP contribution in [0, 0.1) is 6.92 Å². The van der Waals surface area contributed by atoms with Gasteiger partial charge < -0.3 is 15.6 Å². The number of aromatic nitrogens is 1. The zero-order valence-electron chi connectivity index (χ0n) is 11.1. The van der Waals surface area contributed by atoms with E-state index in [1.54, 1.807) is 11.0 Å². The van der Waals surface area contributed by atoms with Crippen molar-refractivity contribution in [3.8, 4) is 0 Å². The van der Waals surface area contributed by atoms with Gasteiger partial charge in [0.2, 0.25) is 5.56 Å². The predicted molar refractivity (Wildman–Crippen MR) is 78.0 cm³/mol. The minimum atomic E-state index is -0.279. The van der Waals surface area contributed by atoms with E-state index in [1.807, 2.05) is 19.1 Å². The molecule has 1 aromatic heterocycles. The van der Waals surface area contributed by atoms with Gasteiger partial charge in [-0.2, -0.15) is 0 Å². The molecule has 3 N–H and O–H groups in total. The van der Waals surface area contributed by atoms with E-state index in [4.69, 9.17) is 5.73 Å². The van der Waals surface area contributed by atoms with Crippen LogP contribution in [0.25, 0.3) is 0 Å². The highest BCUT2D eigenvalue weighted by molar-refractivity contribution is 6.07. The lowest BCUT2D eigenvalue weighted by molar-refractivity contribution is 0.0989. The molecule has 2 aromatic rings. The molecule has 5 nitrogen and oxygen atoms in total. The van der Waals surface area contributed by atoms with Crippen molar-refractivity contribution < 1.29 is 4.79 Å². The highest BCUT2D eigenvalue weighted by atomic mass is 16.2. The number of aryl methyl sites for hydroxylation is 1. The van der Waals surface area contributed by atoms with Gasteiger partial charge in [-0.3, -0.25) is 9.59 Å². The van der Waals surface area contributed by atoms with Crippen molar-refractivity contribution >= 4 is 17.3 Å². The Kier molecular flexibility index (Phi) is 2.82. The van der Waals surface area contributed by atoms with Crippen LogP contribution in [0.2, 0.25) is 0 Å². The molecule has 1 aromatic carbocycles. The number of nitrogens with one attached hydrogen (secondary N) is 1.